The van der Waals surface area contributed by atoms with Crippen molar-refractivity contribution < 1.29 is 33.3 Å². The van der Waals surface area contributed by atoms with E-state index in [2.05, 4.69) is 113 Å². The molecule has 0 unspecified atom stereocenters. The Labute approximate surface area is 847 Å². The van der Waals surface area contributed by atoms with Gasteiger partial charge in [0.25, 0.3) is 5.91 Å². The summed E-state index contributed by atoms with van der Waals surface area (Å²) in [6.45, 7) is 3.10. The summed E-state index contributed by atoms with van der Waals surface area (Å²) in [5.41, 5.74) is 73.0. The first-order valence-corrected chi connectivity index (χ1v) is 49.2. The van der Waals surface area contributed by atoms with E-state index in [4.69, 9.17) is 95.2 Å². The van der Waals surface area contributed by atoms with Crippen molar-refractivity contribution in [1.29, 1.82) is 0 Å². The fourth-order valence-electron chi connectivity index (χ4n) is 20.1. The molecule has 7 aromatic carbocycles. The van der Waals surface area contributed by atoms with E-state index in [9.17, 15) is 23.8 Å². The lowest BCUT2D eigenvalue weighted by molar-refractivity contribution is -0.121. The SMILES string of the molecule is CN1C(=O)COc2ccc(-c3ccc4nc(-c5cccnc5N)n(-c5ccc(C6(N)CCC6)cc5)c4n3)cc21.Nc1ncccc1-c1nc2ccc(-c3ccc(F)c(O)c3)nc2n1-c1ccc(C2(N)CCC2)cc1.Nc1ncccc1-c1nc2ccc(-c3ccc(O)c(F)c3)nc2n1-c1ccc(C2(N)CCC2)cc1.Nc1ncccc1-c1nc2ccc(-c3ccnc(N4CCOCC4)c3)nc2n1-c1ccc(C2(N)CCC2)cc1. The maximum absolute atomic E-state index is 14.0. The van der Waals surface area contributed by atoms with Crippen molar-refractivity contribution in [2.75, 3.05) is 72.7 Å². The summed E-state index contributed by atoms with van der Waals surface area (Å²) in [5, 5.41) is 19.4. The highest BCUT2D eigenvalue weighted by atomic mass is 19.1. The summed E-state index contributed by atoms with van der Waals surface area (Å²) in [6, 6.07) is 81.3. The molecule has 148 heavy (non-hydrogen) atoms. The number of aromatic hydroxyl groups is 2. The molecule has 15 heterocycles. The van der Waals surface area contributed by atoms with Gasteiger partial charge >= 0.3 is 0 Å². The Hall–Kier alpha value is -17.7. The van der Waals surface area contributed by atoms with Gasteiger partial charge in [-0.05, 0) is 312 Å². The molecule has 0 atom stereocenters. The number of pyridine rings is 9. The van der Waals surface area contributed by atoms with Gasteiger partial charge in [0.05, 0.1) is 63.9 Å². The van der Waals surface area contributed by atoms with E-state index in [1.807, 2.05) is 153 Å². The normalized spacial score (nSPS) is 15.6. The number of amides is 1. The molecule has 738 valence electrons. The van der Waals surface area contributed by atoms with Crippen LogP contribution in [0, 0.1) is 11.6 Å². The predicted octanol–water partition coefficient (Wildman–Crippen LogP) is 18.6. The maximum Gasteiger partial charge on any atom is 0.264 e. The maximum atomic E-state index is 14.0. The van der Waals surface area contributed by atoms with Gasteiger partial charge in [0, 0.05) is 118 Å². The van der Waals surface area contributed by atoms with Gasteiger partial charge in [-0.25, -0.2) is 73.6 Å². The Morgan fingerprint density at radius 2 is 0.669 bits per heavy atom. The summed E-state index contributed by atoms with van der Waals surface area (Å²) in [5.74, 6) is 3.39. The van der Waals surface area contributed by atoms with Gasteiger partial charge in [0.1, 0.15) is 56.9 Å². The molecule has 18 N–H and O–H groups in total. The number of aromatic nitrogens is 17. The molecule has 0 radical (unpaired) electrons. The molecule has 5 fully saturated rings. The highest BCUT2D eigenvalue weighted by molar-refractivity contribution is 5.99. The van der Waals surface area contributed by atoms with Crippen molar-refractivity contribution in [3.8, 4) is 131 Å². The van der Waals surface area contributed by atoms with Crippen LogP contribution in [0.1, 0.15) is 99.3 Å². The second kappa shape index (κ2) is 38.1. The van der Waals surface area contributed by atoms with Crippen molar-refractivity contribution in [3.63, 3.8) is 0 Å². The van der Waals surface area contributed by atoms with E-state index in [1.165, 1.54) is 30.7 Å². The van der Waals surface area contributed by atoms with E-state index in [1.54, 1.807) is 61.0 Å². The summed E-state index contributed by atoms with van der Waals surface area (Å²) in [6.07, 6.45) is 21.0. The van der Waals surface area contributed by atoms with Gasteiger partial charge in [-0.2, -0.15) is 0 Å². The van der Waals surface area contributed by atoms with Crippen LogP contribution in [0.15, 0.2) is 292 Å². The van der Waals surface area contributed by atoms with E-state index < -0.39 is 23.1 Å². The smallest absolute Gasteiger partial charge is 0.264 e. The Morgan fingerprint density at radius 1 is 0.338 bits per heavy atom. The van der Waals surface area contributed by atoms with Crippen LogP contribution < -0.4 is 60.4 Å². The standard InChI is InChI=1S/C30H30N8O.C30H27N7O2.2C27H23FN6O/c31-27-23(3-1-13-34-27)28-36-25-9-8-24(20-10-14-33-26(19-20)37-15-17-39-18-16-37)35-29(25)38(28)22-6-4-21(5-7-22)30(32)11-2-12-30;1-36-24-16-18(5-12-25(24)39-17-26(36)38)22-10-11-23-29(34-22)37(28(35-23)21-4-2-15-33-27(21)31)20-8-6-19(7-9-20)30(32)13-3-14-30;28-20-15-16(4-11-23(20)35)21-9-10-22-26(32-21)34(25(33-22)19-3-1-14-31-24(19)29)18-7-5-17(6-8-18)27(30)12-2-13-27;28-20-9-4-16(15-23(20)35)21-10-11-22-26(32-21)34(25(33-22)19-3-1-14-31-24(19)29)18-7-5-17(6-8-18)27(30)12-2-13-27/h1,3-10,13-14,19H,2,11-12,15-18,32H2,(H2,31,34);2,4-12,15-16H,3,13-14,17,32H2,1H3,(H2,31,33);2*1,3-11,14-15,35H,2,12-13,30H2,(H2,29,31). The molecular formula is C114H103F2N27O5. The number of carbonyl (C=O) groups excluding carboxylic acids is 1. The fraction of sp³-hybridized carbons (Fsp3) is 0.193. The number of likely N-dealkylation sites (N-methyl/N-ethyl adjacent to an activating group) is 1. The van der Waals surface area contributed by atoms with Gasteiger partial charge in [-0.15, -0.1) is 0 Å². The molecule has 2 aliphatic heterocycles. The Morgan fingerprint density at radius 3 is 1.00 bits per heavy atom. The van der Waals surface area contributed by atoms with E-state index >= 15 is 0 Å². The van der Waals surface area contributed by atoms with Crippen LogP contribution in [-0.4, -0.2) is 139 Å². The molecule has 0 bridgehead atoms. The molecule has 0 spiro atoms. The zero-order valence-corrected chi connectivity index (χ0v) is 80.7. The first-order chi connectivity index (χ1) is 71.9. The lowest BCUT2D eigenvalue weighted by atomic mass is 9.73. The molecule has 4 aliphatic carbocycles. The number of benzene rings is 7. The third kappa shape index (κ3) is 17.5. The van der Waals surface area contributed by atoms with Crippen molar-refractivity contribution >= 4 is 85.3 Å². The monoisotopic (exact) mass is 1970 g/mol. The number of hydrogen-bond donors (Lipinski definition) is 10. The molecule has 1 amide bonds. The minimum atomic E-state index is -0.705. The Balaban J connectivity index is 0.000000109. The van der Waals surface area contributed by atoms with Gasteiger partial charge in [-0.1, -0.05) is 48.5 Å². The highest BCUT2D eigenvalue weighted by Gasteiger charge is 2.39. The van der Waals surface area contributed by atoms with Crippen molar-refractivity contribution in [3.05, 3.63) is 326 Å². The number of nitrogen functional groups attached to an aromatic ring is 4. The lowest BCUT2D eigenvalue weighted by Crippen LogP contribution is -2.43. The van der Waals surface area contributed by atoms with Crippen LogP contribution in [0.25, 0.3) is 158 Å². The number of hydrogen-bond acceptors (Lipinski definition) is 27. The summed E-state index contributed by atoms with van der Waals surface area (Å²) in [4.78, 5) is 77.1. The molecule has 1 saturated heterocycles. The second-order valence-corrected chi connectivity index (χ2v) is 38.5. The topological polar surface area (TPSA) is 478 Å². The van der Waals surface area contributed by atoms with Crippen LogP contribution in [0.2, 0.25) is 0 Å². The van der Waals surface area contributed by atoms with Crippen LogP contribution in [-0.2, 0) is 31.7 Å². The first-order valence-electron chi connectivity index (χ1n) is 49.2. The number of halogens is 2. The zero-order valence-electron chi connectivity index (χ0n) is 80.7. The number of rotatable bonds is 17. The Bertz CT molecular complexity index is 8290. The summed E-state index contributed by atoms with van der Waals surface area (Å²) < 4.78 is 46.7. The fourth-order valence-corrected chi connectivity index (χ4v) is 20.1. The lowest BCUT2D eigenvalue weighted by Gasteiger charge is -2.38. The van der Waals surface area contributed by atoms with Crippen molar-refractivity contribution in [2.24, 2.45) is 22.9 Å². The van der Waals surface area contributed by atoms with Crippen LogP contribution in [0.5, 0.6) is 17.2 Å². The number of morpholine rings is 1. The van der Waals surface area contributed by atoms with Gasteiger partial charge in [0.2, 0.25) is 0 Å². The summed E-state index contributed by atoms with van der Waals surface area (Å²) in [7, 11) is 1.75. The number of nitrogens with zero attached hydrogens (tertiary/aromatic N) is 19. The third-order valence-electron chi connectivity index (χ3n) is 29.3. The number of anilines is 6. The van der Waals surface area contributed by atoms with Crippen molar-refractivity contribution in [1.82, 2.24) is 83.1 Å². The highest BCUT2D eigenvalue weighted by Crippen LogP contribution is 2.47. The molecular weight excluding hydrogens is 1870 g/mol. The summed E-state index contributed by atoms with van der Waals surface area (Å²) >= 11 is 0. The number of phenolic OH excluding ortho intramolecular Hbond substituents is 2. The quantitative estimate of drug-likeness (QED) is 0.0405. The minimum Gasteiger partial charge on any atom is -0.505 e. The zero-order chi connectivity index (χ0) is 101. The number of carbonyl (C=O) groups is 1. The predicted molar refractivity (Wildman–Crippen MR) is 570 cm³/mol. The molecule has 6 aliphatic rings. The van der Waals surface area contributed by atoms with Gasteiger partial charge < -0.3 is 75.4 Å². The molecule has 20 aromatic rings. The van der Waals surface area contributed by atoms with E-state index in [0.717, 1.165) is 185 Å². The molecule has 26 rings (SSSR count). The van der Waals surface area contributed by atoms with Gasteiger partial charge in [-0.3, -0.25) is 23.1 Å². The molecule has 32 nitrogen and oxygen atoms in total. The van der Waals surface area contributed by atoms with Crippen LogP contribution in [0.4, 0.5) is 43.6 Å². The number of nitrogens with two attached hydrogens (primary N) is 8. The number of imidazole rings is 4. The Kier molecular flexibility index (Phi) is 24.2. The van der Waals surface area contributed by atoms with E-state index in [-0.39, 0.29) is 34.7 Å². The number of fused-ring (bicyclic) bond motifs is 5. The average molecular weight is 1970 g/mol. The number of phenols is 2. The van der Waals surface area contributed by atoms with Crippen LogP contribution >= 0.6 is 0 Å². The first kappa shape index (κ1) is 93.9. The molecule has 13 aromatic heterocycles. The van der Waals surface area contributed by atoms with Crippen LogP contribution in [0.3, 0.4) is 0 Å². The minimum absolute atomic E-state index is 0.0383. The van der Waals surface area contributed by atoms with Gasteiger partial charge in [0.15, 0.2) is 75.6 Å². The second-order valence-electron chi connectivity index (χ2n) is 38.5. The largest absolute Gasteiger partial charge is 0.505 e. The molecule has 34 heteroatoms. The average Bonchev–Trinajstić information content (AvgIpc) is 1.59. The van der Waals surface area contributed by atoms with Crippen molar-refractivity contribution in [2.45, 2.75) is 99.2 Å². The third-order valence-corrected chi connectivity index (χ3v) is 29.3. The van der Waals surface area contributed by atoms with E-state index in [0.29, 0.717) is 133 Å². The molecule has 4 saturated carbocycles. The number of ether oxygens (including phenoxy) is 2.